The Bertz CT molecular complexity index is 2170. The Hall–Kier alpha value is -5.20. The zero-order valence-electron chi connectivity index (χ0n) is 28.9. The maximum absolute atomic E-state index is 15.2. The van der Waals surface area contributed by atoms with E-state index in [9.17, 15) is 9.59 Å². The summed E-state index contributed by atoms with van der Waals surface area (Å²) < 4.78 is 41.7. The third kappa shape index (κ3) is 5.91. The molecular formula is C39H40FN5O6. The average molecular weight is 694 g/mol. The van der Waals surface area contributed by atoms with Crippen molar-refractivity contribution in [3.05, 3.63) is 112 Å². The minimum atomic E-state index is -1.05. The van der Waals surface area contributed by atoms with E-state index in [1.54, 1.807) is 29.7 Å². The van der Waals surface area contributed by atoms with Gasteiger partial charge in [-0.05, 0) is 49.7 Å². The highest BCUT2D eigenvalue weighted by Gasteiger charge is 2.46. The molecule has 0 aliphatic carbocycles. The Balaban J connectivity index is 1.20. The lowest BCUT2D eigenvalue weighted by Crippen LogP contribution is -2.49. The summed E-state index contributed by atoms with van der Waals surface area (Å²) in [6.45, 7) is 8.04. The number of carbonyl (C=O) groups excluding carboxylic acids is 1. The molecular weight excluding hydrogens is 653 g/mol. The van der Waals surface area contributed by atoms with Crippen LogP contribution >= 0.6 is 0 Å². The lowest BCUT2D eigenvalue weighted by atomic mass is 9.84. The zero-order valence-corrected chi connectivity index (χ0v) is 28.9. The highest BCUT2D eigenvalue weighted by Crippen LogP contribution is 2.38. The number of imidazole rings is 1. The molecule has 1 unspecified atom stereocenters. The summed E-state index contributed by atoms with van der Waals surface area (Å²) in [7, 11) is 1.58. The number of methoxy groups -OCH3 is 1. The summed E-state index contributed by atoms with van der Waals surface area (Å²) in [5, 5.41) is 0. The van der Waals surface area contributed by atoms with Crippen LogP contribution in [-0.4, -0.2) is 82.5 Å². The van der Waals surface area contributed by atoms with Crippen LogP contribution in [0.1, 0.15) is 36.0 Å². The SMILES string of the molecule is COc1cccc(-c2c(C)n(Cc3ccccc3F)c3nc(C4(C)CCOC4=O)c(CN4CCN(CC5Oc6ccccc6O5)CC4)n3c2=O)c1. The molecule has 2 saturated heterocycles. The van der Waals surface area contributed by atoms with E-state index in [2.05, 4.69) is 9.80 Å². The van der Waals surface area contributed by atoms with Crippen LogP contribution < -0.4 is 19.8 Å². The molecule has 0 amide bonds. The number of benzene rings is 3. The van der Waals surface area contributed by atoms with E-state index in [4.69, 9.17) is 23.9 Å². The van der Waals surface area contributed by atoms with Crippen LogP contribution in [0.15, 0.2) is 77.6 Å². The van der Waals surface area contributed by atoms with Crippen LogP contribution in [0.25, 0.3) is 16.9 Å². The van der Waals surface area contributed by atoms with Crippen LogP contribution in [-0.2, 0) is 28.0 Å². The van der Waals surface area contributed by atoms with E-state index in [0.717, 1.165) is 24.6 Å². The number of ether oxygens (including phenoxy) is 4. The van der Waals surface area contributed by atoms with Gasteiger partial charge in [0.15, 0.2) is 11.5 Å². The number of hydrogen-bond acceptors (Lipinski definition) is 9. The molecule has 11 nitrogen and oxygen atoms in total. The minimum Gasteiger partial charge on any atom is -0.497 e. The topological polar surface area (TPSA) is 99.8 Å². The van der Waals surface area contributed by atoms with Crippen LogP contribution in [0.5, 0.6) is 17.2 Å². The highest BCUT2D eigenvalue weighted by molar-refractivity contribution is 5.84. The fraction of sp³-hybridized carbons (Fsp3) is 0.359. The maximum Gasteiger partial charge on any atom is 0.318 e. The molecule has 5 heterocycles. The summed E-state index contributed by atoms with van der Waals surface area (Å²) in [4.78, 5) is 37.9. The number of para-hydroxylation sites is 2. The molecule has 0 bridgehead atoms. The van der Waals surface area contributed by atoms with Gasteiger partial charge in [-0.2, -0.15) is 0 Å². The second kappa shape index (κ2) is 13.2. The molecule has 2 fully saturated rings. The number of aromatic nitrogens is 3. The van der Waals surface area contributed by atoms with Gasteiger partial charge in [-0.15, -0.1) is 0 Å². The Kier molecular flexibility index (Phi) is 8.51. The van der Waals surface area contributed by atoms with Gasteiger partial charge < -0.3 is 23.5 Å². The number of rotatable bonds is 9. The third-order valence-electron chi connectivity index (χ3n) is 10.4. The van der Waals surface area contributed by atoms with E-state index in [0.29, 0.717) is 77.9 Å². The van der Waals surface area contributed by atoms with Crippen molar-refractivity contribution in [1.29, 1.82) is 0 Å². The van der Waals surface area contributed by atoms with Gasteiger partial charge in [0.1, 0.15) is 17.0 Å². The monoisotopic (exact) mass is 693 g/mol. The normalized spacial score (nSPS) is 19.6. The van der Waals surface area contributed by atoms with Crippen LogP contribution in [0.2, 0.25) is 0 Å². The molecule has 3 aliphatic rings. The van der Waals surface area contributed by atoms with Crippen molar-refractivity contribution >= 4 is 11.7 Å². The van der Waals surface area contributed by atoms with Crippen molar-refractivity contribution in [3.8, 4) is 28.4 Å². The predicted molar refractivity (Wildman–Crippen MR) is 188 cm³/mol. The molecule has 1 atom stereocenters. The van der Waals surface area contributed by atoms with Gasteiger partial charge in [-0.3, -0.25) is 19.4 Å². The highest BCUT2D eigenvalue weighted by atomic mass is 19.1. The van der Waals surface area contributed by atoms with Crippen LogP contribution in [0.3, 0.4) is 0 Å². The Labute approximate surface area is 294 Å². The zero-order chi connectivity index (χ0) is 35.3. The molecule has 5 aromatic rings. The molecule has 3 aliphatic heterocycles. The number of cyclic esters (lactones) is 1. The van der Waals surface area contributed by atoms with E-state index in [1.165, 1.54) is 6.07 Å². The lowest BCUT2D eigenvalue weighted by Gasteiger charge is -2.35. The van der Waals surface area contributed by atoms with Crippen molar-refractivity contribution in [1.82, 2.24) is 23.8 Å². The van der Waals surface area contributed by atoms with Crippen molar-refractivity contribution in [2.24, 2.45) is 0 Å². The molecule has 0 spiro atoms. The quantitative estimate of drug-likeness (QED) is 0.202. The van der Waals surface area contributed by atoms with E-state index in [-0.39, 0.29) is 36.8 Å². The predicted octanol–water partition coefficient (Wildman–Crippen LogP) is 4.79. The number of hydrogen-bond donors (Lipinski definition) is 0. The minimum absolute atomic E-state index is 0.129. The number of carbonyl (C=O) groups is 1. The van der Waals surface area contributed by atoms with Gasteiger partial charge in [0.2, 0.25) is 5.78 Å². The number of nitrogens with zero attached hydrogens (tertiary/aromatic N) is 5. The molecule has 0 radical (unpaired) electrons. The lowest BCUT2D eigenvalue weighted by molar-refractivity contribution is -0.142. The maximum atomic E-state index is 15.2. The first-order chi connectivity index (χ1) is 24.7. The largest absolute Gasteiger partial charge is 0.497 e. The van der Waals surface area contributed by atoms with Crippen molar-refractivity contribution in [3.63, 3.8) is 0 Å². The molecule has 0 N–H and O–H groups in total. The first-order valence-electron chi connectivity index (χ1n) is 17.3. The first-order valence-corrected chi connectivity index (χ1v) is 17.3. The van der Waals surface area contributed by atoms with Gasteiger partial charge in [-0.25, -0.2) is 13.8 Å². The third-order valence-corrected chi connectivity index (χ3v) is 10.4. The van der Waals surface area contributed by atoms with E-state index >= 15 is 4.39 Å². The second-order valence-electron chi connectivity index (χ2n) is 13.6. The van der Waals surface area contributed by atoms with Gasteiger partial charge in [-0.1, -0.05) is 42.5 Å². The summed E-state index contributed by atoms with van der Waals surface area (Å²) in [6, 6.07) is 21.6. The van der Waals surface area contributed by atoms with Crippen molar-refractivity contribution < 1.29 is 28.1 Å². The van der Waals surface area contributed by atoms with Gasteiger partial charge in [0.05, 0.1) is 43.8 Å². The fourth-order valence-corrected chi connectivity index (χ4v) is 7.48. The second-order valence-corrected chi connectivity index (χ2v) is 13.6. The standard InChI is InChI=1S/C39H40FN5O6/c1-25-34(26-10-8-11-28(21-26)48-3)36(46)45-30(23-42-16-18-43(19-17-42)24-33-50-31-13-6-7-14-32(31)51-33)35(39(2)15-20-49-37(39)47)41-38(45)44(25)22-27-9-4-5-12-29(27)40/h4-14,21,33H,15-20,22-24H2,1-3H3. The number of piperazine rings is 1. The first kappa shape index (κ1) is 33.0. The van der Waals surface area contributed by atoms with E-state index < -0.39 is 5.41 Å². The van der Waals surface area contributed by atoms with Gasteiger partial charge >= 0.3 is 5.97 Å². The molecule has 0 saturated carbocycles. The van der Waals surface area contributed by atoms with Gasteiger partial charge in [0, 0.05) is 50.4 Å². The number of esters is 1. The molecule has 264 valence electrons. The fourth-order valence-electron chi connectivity index (χ4n) is 7.48. The molecule has 2 aromatic heterocycles. The number of halogens is 1. The Morgan fingerprint density at radius 2 is 1.63 bits per heavy atom. The van der Waals surface area contributed by atoms with Crippen molar-refractivity contribution in [2.45, 2.75) is 45.1 Å². The van der Waals surface area contributed by atoms with E-state index in [1.807, 2.05) is 66.9 Å². The smallest absolute Gasteiger partial charge is 0.318 e. The molecule has 8 rings (SSSR count). The average Bonchev–Trinajstić information content (AvgIpc) is 3.83. The Morgan fingerprint density at radius 1 is 0.922 bits per heavy atom. The molecule has 3 aromatic carbocycles. The summed E-state index contributed by atoms with van der Waals surface area (Å²) in [5.74, 6) is 1.74. The molecule has 51 heavy (non-hydrogen) atoms. The summed E-state index contributed by atoms with van der Waals surface area (Å²) in [5.41, 5.74) is 2.02. The van der Waals surface area contributed by atoms with Crippen LogP contribution in [0, 0.1) is 12.7 Å². The summed E-state index contributed by atoms with van der Waals surface area (Å²) >= 11 is 0. The molecule has 12 heteroatoms. The van der Waals surface area contributed by atoms with Gasteiger partial charge in [0.25, 0.3) is 11.8 Å². The summed E-state index contributed by atoms with van der Waals surface area (Å²) in [6.07, 6.45) is 0.0580. The number of fused-ring (bicyclic) bond motifs is 2. The Morgan fingerprint density at radius 3 is 2.31 bits per heavy atom. The van der Waals surface area contributed by atoms with Crippen molar-refractivity contribution in [2.75, 3.05) is 46.4 Å². The van der Waals surface area contributed by atoms with Crippen LogP contribution in [0.4, 0.5) is 4.39 Å².